The first-order valence-corrected chi connectivity index (χ1v) is 7.37. The number of rotatable bonds is 7. The molecule has 6 nitrogen and oxygen atoms in total. The molecule has 2 aromatic rings. The Morgan fingerprint density at radius 1 is 0.917 bits per heavy atom. The molecule has 128 valence electrons. The predicted molar refractivity (Wildman–Crippen MR) is 91.4 cm³/mol. The van der Waals surface area contributed by atoms with Crippen molar-refractivity contribution in [1.29, 1.82) is 0 Å². The van der Waals surface area contributed by atoms with Crippen molar-refractivity contribution in [2.24, 2.45) is 0 Å². The van der Waals surface area contributed by atoms with Crippen molar-refractivity contribution in [3.63, 3.8) is 0 Å². The number of methoxy groups -OCH3 is 3. The maximum Gasteiger partial charge on any atom is 0.206 e. The molecule has 0 bridgehead atoms. The molecule has 0 amide bonds. The van der Waals surface area contributed by atoms with Crippen LogP contribution in [0.25, 0.3) is 0 Å². The molecular formula is C18H21NO5. The van der Waals surface area contributed by atoms with Gasteiger partial charge in [0.1, 0.15) is 11.5 Å². The Hall–Kier alpha value is -2.89. The number of hydrogen-bond donors (Lipinski definition) is 1. The van der Waals surface area contributed by atoms with E-state index in [0.29, 0.717) is 34.2 Å². The molecule has 0 spiro atoms. The van der Waals surface area contributed by atoms with Gasteiger partial charge < -0.3 is 24.7 Å². The molecule has 0 aliphatic rings. The minimum atomic E-state index is -0.748. The summed E-state index contributed by atoms with van der Waals surface area (Å²) in [5.74, 6) is 1.50. The number of Topliss-reactive ketones (excluding diaryl/α,β-unsaturated/α-hetero) is 1. The quantitative estimate of drug-likeness (QED) is 0.621. The van der Waals surface area contributed by atoms with Crippen LogP contribution < -0.4 is 24.7 Å². The van der Waals surface area contributed by atoms with Crippen LogP contribution in [0.3, 0.4) is 0 Å². The number of nitrogens with two attached hydrogens (primary N) is 1. The van der Waals surface area contributed by atoms with Crippen LogP contribution in [0, 0.1) is 0 Å². The molecule has 2 N–H and O–H groups in total. The Balaban J connectivity index is 2.32. The summed E-state index contributed by atoms with van der Waals surface area (Å²) < 4.78 is 21.5. The molecular weight excluding hydrogens is 310 g/mol. The Kier molecular flexibility index (Phi) is 5.52. The van der Waals surface area contributed by atoms with E-state index in [1.54, 1.807) is 43.3 Å². The standard InChI is InChI=1S/C18H21NO5/c1-11(24-14-8-6-5-7-13(14)19)18(20)12-9-16(22-3)17(23-4)10-15(12)21-2/h5-11H,19H2,1-4H3. The van der Waals surface area contributed by atoms with Gasteiger partial charge in [0.05, 0.1) is 32.6 Å². The van der Waals surface area contributed by atoms with Gasteiger partial charge in [0, 0.05) is 6.07 Å². The smallest absolute Gasteiger partial charge is 0.206 e. The number of carbonyl (C=O) groups excluding carboxylic acids is 1. The van der Waals surface area contributed by atoms with Gasteiger partial charge in [-0.25, -0.2) is 0 Å². The lowest BCUT2D eigenvalue weighted by molar-refractivity contribution is 0.0815. The van der Waals surface area contributed by atoms with Gasteiger partial charge in [-0.1, -0.05) is 12.1 Å². The fourth-order valence-corrected chi connectivity index (χ4v) is 2.27. The number of carbonyl (C=O) groups is 1. The first-order chi connectivity index (χ1) is 11.5. The van der Waals surface area contributed by atoms with Crippen LogP contribution in [0.5, 0.6) is 23.0 Å². The summed E-state index contributed by atoms with van der Waals surface area (Å²) in [5.41, 5.74) is 6.66. The first-order valence-electron chi connectivity index (χ1n) is 7.37. The van der Waals surface area contributed by atoms with Crippen molar-refractivity contribution in [1.82, 2.24) is 0 Å². The topological polar surface area (TPSA) is 80.0 Å². The van der Waals surface area contributed by atoms with E-state index < -0.39 is 6.10 Å². The van der Waals surface area contributed by atoms with E-state index in [4.69, 9.17) is 24.7 Å². The molecule has 1 unspecified atom stereocenters. The Morgan fingerprint density at radius 3 is 2.08 bits per heavy atom. The zero-order valence-electron chi connectivity index (χ0n) is 14.2. The molecule has 0 aliphatic carbocycles. The van der Waals surface area contributed by atoms with Gasteiger partial charge in [0.25, 0.3) is 0 Å². The summed E-state index contributed by atoms with van der Waals surface area (Å²) in [6, 6.07) is 10.2. The monoisotopic (exact) mass is 331 g/mol. The molecule has 0 aliphatic heterocycles. The van der Waals surface area contributed by atoms with Crippen molar-refractivity contribution in [2.75, 3.05) is 27.1 Å². The van der Waals surface area contributed by atoms with Crippen LogP contribution in [0.15, 0.2) is 36.4 Å². The van der Waals surface area contributed by atoms with Gasteiger partial charge in [0.15, 0.2) is 17.6 Å². The lowest BCUT2D eigenvalue weighted by Gasteiger charge is -2.18. The SMILES string of the molecule is COc1cc(OC)c(C(=O)C(C)Oc2ccccc2N)cc1OC. The molecule has 0 fully saturated rings. The van der Waals surface area contributed by atoms with Gasteiger partial charge in [-0.15, -0.1) is 0 Å². The number of para-hydroxylation sites is 2. The lowest BCUT2D eigenvalue weighted by atomic mass is 10.0. The van der Waals surface area contributed by atoms with Crippen molar-refractivity contribution < 1.29 is 23.7 Å². The summed E-state index contributed by atoms with van der Waals surface area (Å²) in [7, 11) is 4.50. The third-order valence-electron chi connectivity index (χ3n) is 3.56. The third kappa shape index (κ3) is 3.53. The fraction of sp³-hybridized carbons (Fsp3) is 0.278. The minimum Gasteiger partial charge on any atom is -0.496 e. The Morgan fingerprint density at radius 2 is 1.50 bits per heavy atom. The second kappa shape index (κ2) is 7.59. The van der Waals surface area contributed by atoms with Crippen LogP contribution in [-0.4, -0.2) is 33.2 Å². The van der Waals surface area contributed by atoms with Gasteiger partial charge in [-0.3, -0.25) is 4.79 Å². The maximum atomic E-state index is 12.8. The highest BCUT2D eigenvalue weighted by Gasteiger charge is 2.24. The normalized spacial score (nSPS) is 11.5. The maximum absolute atomic E-state index is 12.8. The zero-order chi connectivity index (χ0) is 17.7. The highest BCUT2D eigenvalue weighted by atomic mass is 16.5. The molecule has 0 heterocycles. The summed E-state index contributed by atoms with van der Waals surface area (Å²) in [6.07, 6.45) is -0.748. The van der Waals surface area contributed by atoms with Crippen LogP contribution in [-0.2, 0) is 0 Å². The number of ether oxygens (including phenoxy) is 4. The summed E-state index contributed by atoms with van der Waals surface area (Å²) in [6.45, 7) is 1.66. The van der Waals surface area contributed by atoms with E-state index in [0.717, 1.165) is 0 Å². The fourth-order valence-electron chi connectivity index (χ4n) is 2.27. The van der Waals surface area contributed by atoms with Crippen molar-refractivity contribution >= 4 is 11.5 Å². The first kappa shape index (κ1) is 17.5. The highest BCUT2D eigenvalue weighted by molar-refractivity contribution is 6.02. The van der Waals surface area contributed by atoms with Gasteiger partial charge in [-0.05, 0) is 25.1 Å². The number of ketones is 1. The summed E-state index contributed by atoms with van der Waals surface area (Å²) in [4.78, 5) is 12.8. The van der Waals surface area contributed by atoms with Crippen LogP contribution in [0.1, 0.15) is 17.3 Å². The number of hydrogen-bond acceptors (Lipinski definition) is 6. The molecule has 0 aromatic heterocycles. The molecule has 0 saturated heterocycles. The van der Waals surface area contributed by atoms with Crippen LogP contribution >= 0.6 is 0 Å². The molecule has 1 atom stereocenters. The largest absolute Gasteiger partial charge is 0.496 e. The molecule has 2 rings (SSSR count). The van der Waals surface area contributed by atoms with E-state index in [9.17, 15) is 4.79 Å². The average molecular weight is 331 g/mol. The molecule has 6 heteroatoms. The zero-order valence-corrected chi connectivity index (χ0v) is 14.2. The number of benzene rings is 2. The Bertz CT molecular complexity index is 729. The summed E-state index contributed by atoms with van der Waals surface area (Å²) in [5, 5.41) is 0. The molecule has 0 radical (unpaired) electrons. The van der Waals surface area contributed by atoms with E-state index in [-0.39, 0.29) is 5.78 Å². The highest BCUT2D eigenvalue weighted by Crippen LogP contribution is 2.35. The second-order valence-corrected chi connectivity index (χ2v) is 5.07. The molecule has 2 aromatic carbocycles. The lowest BCUT2D eigenvalue weighted by Crippen LogP contribution is -2.25. The van der Waals surface area contributed by atoms with Crippen LogP contribution in [0.2, 0.25) is 0 Å². The molecule has 0 saturated carbocycles. The van der Waals surface area contributed by atoms with E-state index in [1.165, 1.54) is 21.3 Å². The number of anilines is 1. The third-order valence-corrected chi connectivity index (χ3v) is 3.56. The van der Waals surface area contributed by atoms with Gasteiger partial charge >= 0.3 is 0 Å². The average Bonchev–Trinajstić information content (AvgIpc) is 2.61. The van der Waals surface area contributed by atoms with Gasteiger partial charge in [0.2, 0.25) is 5.78 Å². The summed E-state index contributed by atoms with van der Waals surface area (Å²) >= 11 is 0. The van der Waals surface area contributed by atoms with Crippen molar-refractivity contribution in [3.05, 3.63) is 42.0 Å². The van der Waals surface area contributed by atoms with Gasteiger partial charge in [-0.2, -0.15) is 0 Å². The van der Waals surface area contributed by atoms with E-state index >= 15 is 0 Å². The van der Waals surface area contributed by atoms with E-state index in [2.05, 4.69) is 0 Å². The predicted octanol–water partition coefficient (Wildman–Crippen LogP) is 2.94. The Labute approximate surface area is 141 Å². The second-order valence-electron chi connectivity index (χ2n) is 5.07. The van der Waals surface area contributed by atoms with E-state index in [1.807, 2.05) is 0 Å². The van der Waals surface area contributed by atoms with Crippen molar-refractivity contribution in [3.8, 4) is 23.0 Å². The molecule has 24 heavy (non-hydrogen) atoms. The van der Waals surface area contributed by atoms with Crippen LogP contribution in [0.4, 0.5) is 5.69 Å². The minimum absolute atomic E-state index is 0.254. The number of nitrogen functional groups attached to an aromatic ring is 1. The van der Waals surface area contributed by atoms with Crippen molar-refractivity contribution in [2.45, 2.75) is 13.0 Å².